The van der Waals surface area contributed by atoms with Crippen LogP contribution < -0.4 is 0 Å². The van der Waals surface area contributed by atoms with Gasteiger partial charge in [-0.3, -0.25) is 14.4 Å². The second-order valence-corrected chi connectivity index (χ2v) is 4.61. The number of carboxylic acid groups (broad SMARTS) is 1. The van der Waals surface area contributed by atoms with Gasteiger partial charge in [-0.2, -0.15) is 0 Å². The third-order valence-electron chi connectivity index (χ3n) is 1.79. The second kappa shape index (κ2) is 6.22. The van der Waals surface area contributed by atoms with Gasteiger partial charge in [0, 0.05) is 0 Å². The Balaban J connectivity index is 4.48. The summed E-state index contributed by atoms with van der Waals surface area (Å²) in [7, 11) is 1.15. The van der Waals surface area contributed by atoms with E-state index in [2.05, 4.69) is 4.74 Å². The molecule has 0 aromatic heterocycles. The maximum atomic E-state index is 11.4. The maximum Gasteiger partial charge on any atom is 0.309 e. The predicted octanol–water partition coefficient (Wildman–Crippen LogP) is 0.982. The molecule has 0 aliphatic carbocycles. The molecule has 1 atom stereocenters. The molecule has 17 heavy (non-hydrogen) atoms. The second-order valence-electron chi connectivity index (χ2n) is 4.61. The number of carboxylic acids is 1. The molecular formula is C11H18O6. The lowest BCUT2D eigenvalue weighted by atomic mass is 10.0. The Morgan fingerprint density at radius 1 is 1.18 bits per heavy atom. The predicted molar refractivity (Wildman–Crippen MR) is 58.2 cm³/mol. The van der Waals surface area contributed by atoms with Crippen LogP contribution in [0.3, 0.4) is 0 Å². The number of carbonyl (C=O) groups is 3. The SMILES string of the molecule is COC(=O)C(CC(=O)O)CC(=O)OC(C)(C)C. The normalized spacial score (nSPS) is 12.7. The van der Waals surface area contributed by atoms with Gasteiger partial charge in [0.1, 0.15) is 5.60 Å². The summed E-state index contributed by atoms with van der Waals surface area (Å²) in [4.78, 5) is 33.2. The van der Waals surface area contributed by atoms with Crippen molar-refractivity contribution < 1.29 is 29.0 Å². The Bertz CT molecular complexity index is 302. The van der Waals surface area contributed by atoms with Gasteiger partial charge in [0.25, 0.3) is 0 Å². The van der Waals surface area contributed by atoms with Crippen LogP contribution in [0.5, 0.6) is 0 Å². The van der Waals surface area contributed by atoms with E-state index in [1.807, 2.05) is 0 Å². The highest BCUT2D eigenvalue weighted by Crippen LogP contribution is 2.15. The molecule has 0 aromatic carbocycles. The largest absolute Gasteiger partial charge is 0.481 e. The molecule has 0 saturated carbocycles. The van der Waals surface area contributed by atoms with Crippen LogP contribution in [0.15, 0.2) is 0 Å². The van der Waals surface area contributed by atoms with Crippen molar-refractivity contribution in [3.63, 3.8) is 0 Å². The summed E-state index contributed by atoms with van der Waals surface area (Å²) in [6, 6.07) is 0. The molecule has 6 nitrogen and oxygen atoms in total. The number of hydrogen-bond donors (Lipinski definition) is 1. The number of esters is 2. The van der Waals surface area contributed by atoms with Crippen molar-refractivity contribution >= 4 is 17.9 Å². The number of carbonyl (C=O) groups excluding carboxylic acids is 2. The van der Waals surface area contributed by atoms with Gasteiger partial charge in [-0.25, -0.2) is 0 Å². The summed E-state index contributed by atoms with van der Waals surface area (Å²) < 4.78 is 9.44. The fourth-order valence-corrected chi connectivity index (χ4v) is 1.20. The fraction of sp³-hybridized carbons (Fsp3) is 0.727. The molecule has 1 unspecified atom stereocenters. The summed E-state index contributed by atoms with van der Waals surface area (Å²) in [5.41, 5.74) is -0.666. The Hall–Kier alpha value is -1.59. The topological polar surface area (TPSA) is 89.9 Å². The molecule has 0 radical (unpaired) electrons. The molecule has 0 amide bonds. The zero-order chi connectivity index (χ0) is 13.6. The maximum absolute atomic E-state index is 11.4. The van der Waals surface area contributed by atoms with E-state index in [-0.39, 0.29) is 6.42 Å². The Kier molecular flexibility index (Phi) is 5.64. The summed E-state index contributed by atoms with van der Waals surface area (Å²) in [5, 5.41) is 8.61. The smallest absolute Gasteiger partial charge is 0.309 e. The minimum atomic E-state index is -1.16. The van der Waals surface area contributed by atoms with Gasteiger partial charge in [0.2, 0.25) is 0 Å². The van der Waals surface area contributed by atoms with Gasteiger partial charge in [-0.15, -0.1) is 0 Å². The molecule has 0 saturated heterocycles. The van der Waals surface area contributed by atoms with E-state index < -0.39 is 35.8 Å². The van der Waals surface area contributed by atoms with Crippen LogP contribution in [0, 0.1) is 5.92 Å². The molecule has 0 aliphatic rings. The minimum Gasteiger partial charge on any atom is -0.481 e. The first-order valence-corrected chi connectivity index (χ1v) is 5.17. The van der Waals surface area contributed by atoms with Gasteiger partial charge in [-0.1, -0.05) is 0 Å². The standard InChI is InChI=1S/C11H18O6/c1-11(2,3)17-9(14)6-7(5-8(12)13)10(15)16-4/h7H,5-6H2,1-4H3,(H,12,13). The van der Waals surface area contributed by atoms with Crippen molar-refractivity contribution in [2.75, 3.05) is 7.11 Å². The van der Waals surface area contributed by atoms with Crippen molar-refractivity contribution in [1.82, 2.24) is 0 Å². The van der Waals surface area contributed by atoms with Crippen LogP contribution in [0.25, 0.3) is 0 Å². The highest BCUT2D eigenvalue weighted by molar-refractivity contribution is 5.83. The number of hydrogen-bond acceptors (Lipinski definition) is 5. The molecular weight excluding hydrogens is 228 g/mol. The molecule has 0 aliphatic heterocycles. The van der Waals surface area contributed by atoms with Gasteiger partial charge >= 0.3 is 17.9 Å². The quantitative estimate of drug-likeness (QED) is 0.727. The number of aliphatic carboxylic acids is 1. The minimum absolute atomic E-state index is 0.295. The summed E-state index contributed by atoms with van der Waals surface area (Å²) in [6.07, 6.45) is -0.748. The lowest BCUT2D eigenvalue weighted by Crippen LogP contribution is -2.28. The van der Waals surface area contributed by atoms with Gasteiger partial charge < -0.3 is 14.6 Å². The monoisotopic (exact) mass is 246 g/mol. The van der Waals surface area contributed by atoms with E-state index in [1.165, 1.54) is 0 Å². The van der Waals surface area contributed by atoms with Crippen LogP contribution in [-0.2, 0) is 23.9 Å². The highest BCUT2D eigenvalue weighted by Gasteiger charge is 2.28. The molecule has 6 heteroatoms. The van der Waals surface area contributed by atoms with Crippen molar-refractivity contribution in [2.24, 2.45) is 5.92 Å². The van der Waals surface area contributed by atoms with Gasteiger partial charge in [0.15, 0.2) is 0 Å². The van der Waals surface area contributed by atoms with E-state index >= 15 is 0 Å². The third kappa shape index (κ3) is 7.32. The molecule has 0 rings (SSSR count). The average molecular weight is 246 g/mol. The molecule has 0 bridgehead atoms. The third-order valence-corrected chi connectivity index (χ3v) is 1.79. The molecule has 0 fully saturated rings. The lowest BCUT2D eigenvalue weighted by molar-refractivity contribution is -0.162. The van der Waals surface area contributed by atoms with E-state index in [1.54, 1.807) is 20.8 Å². The molecule has 1 N–H and O–H groups in total. The average Bonchev–Trinajstić information content (AvgIpc) is 2.11. The highest BCUT2D eigenvalue weighted by atomic mass is 16.6. The zero-order valence-corrected chi connectivity index (χ0v) is 10.5. The molecule has 0 spiro atoms. The van der Waals surface area contributed by atoms with E-state index in [0.717, 1.165) is 7.11 Å². The van der Waals surface area contributed by atoms with Gasteiger partial charge in [-0.05, 0) is 20.8 Å². The zero-order valence-electron chi connectivity index (χ0n) is 10.5. The number of rotatable bonds is 5. The van der Waals surface area contributed by atoms with Crippen LogP contribution in [0.2, 0.25) is 0 Å². The lowest BCUT2D eigenvalue weighted by Gasteiger charge is -2.21. The molecule has 98 valence electrons. The van der Waals surface area contributed by atoms with Gasteiger partial charge in [0.05, 0.1) is 25.9 Å². The Morgan fingerprint density at radius 2 is 1.71 bits per heavy atom. The molecule has 0 aromatic rings. The van der Waals surface area contributed by atoms with Crippen LogP contribution in [0.4, 0.5) is 0 Å². The number of ether oxygens (including phenoxy) is 2. The van der Waals surface area contributed by atoms with Crippen molar-refractivity contribution in [3.8, 4) is 0 Å². The first-order chi connectivity index (χ1) is 7.65. The fourth-order valence-electron chi connectivity index (χ4n) is 1.20. The Labute approximate surface area is 99.9 Å². The first kappa shape index (κ1) is 15.4. The van der Waals surface area contributed by atoms with Crippen molar-refractivity contribution in [1.29, 1.82) is 0 Å². The molecule has 0 heterocycles. The first-order valence-electron chi connectivity index (χ1n) is 5.17. The van der Waals surface area contributed by atoms with Crippen LogP contribution >= 0.6 is 0 Å². The summed E-state index contributed by atoms with van der Waals surface area (Å²) in [6.45, 7) is 5.07. The van der Waals surface area contributed by atoms with E-state index in [9.17, 15) is 14.4 Å². The van der Waals surface area contributed by atoms with Crippen molar-refractivity contribution in [2.45, 2.75) is 39.2 Å². The summed E-state index contributed by atoms with van der Waals surface area (Å²) in [5.74, 6) is -3.51. The van der Waals surface area contributed by atoms with E-state index in [4.69, 9.17) is 9.84 Å². The number of methoxy groups -OCH3 is 1. The van der Waals surface area contributed by atoms with E-state index in [0.29, 0.717) is 0 Å². The van der Waals surface area contributed by atoms with Crippen LogP contribution in [0.1, 0.15) is 33.6 Å². The summed E-state index contributed by atoms with van der Waals surface area (Å²) >= 11 is 0. The van der Waals surface area contributed by atoms with Crippen molar-refractivity contribution in [3.05, 3.63) is 0 Å². The Morgan fingerprint density at radius 3 is 2.06 bits per heavy atom. The van der Waals surface area contributed by atoms with Crippen LogP contribution in [-0.4, -0.2) is 35.7 Å².